The molecule has 0 saturated heterocycles. The second kappa shape index (κ2) is 5.76. The van der Waals surface area contributed by atoms with Crippen molar-refractivity contribution < 1.29 is 4.79 Å². The van der Waals surface area contributed by atoms with Crippen molar-refractivity contribution in [1.29, 1.82) is 5.26 Å². The van der Waals surface area contributed by atoms with Crippen LogP contribution in [0.5, 0.6) is 0 Å². The van der Waals surface area contributed by atoms with Gasteiger partial charge < -0.3 is 4.90 Å². The zero-order valence-electron chi connectivity index (χ0n) is 8.68. The van der Waals surface area contributed by atoms with E-state index in [4.69, 9.17) is 5.26 Å². The van der Waals surface area contributed by atoms with Crippen LogP contribution in [0.25, 0.3) is 0 Å². The number of rotatable bonds is 4. The molecule has 0 radical (unpaired) electrons. The molecule has 1 heterocycles. The van der Waals surface area contributed by atoms with Gasteiger partial charge in [0.05, 0.1) is 12.5 Å². The number of carbonyl (C=O) groups is 1. The lowest BCUT2D eigenvalue weighted by Gasteiger charge is -2.19. The van der Waals surface area contributed by atoms with Crippen molar-refractivity contribution >= 4 is 5.91 Å². The summed E-state index contributed by atoms with van der Waals surface area (Å²) in [6.07, 6.45) is 3.54. The van der Waals surface area contributed by atoms with Crippen molar-refractivity contribution in [3.8, 4) is 6.07 Å². The topological polar surface area (TPSA) is 57.0 Å². The summed E-state index contributed by atoms with van der Waals surface area (Å²) in [6.45, 7) is 2.99. The second-order valence-electron chi connectivity index (χ2n) is 3.03. The Morgan fingerprint density at radius 2 is 2.20 bits per heavy atom. The minimum absolute atomic E-state index is 0.0462. The molecule has 78 valence electrons. The van der Waals surface area contributed by atoms with Gasteiger partial charge in [-0.3, -0.25) is 9.78 Å². The molecule has 0 bridgehead atoms. The standard InChI is InChI=1S/C11H13N3O/c1-2-14(9-3-6-12)11(15)10-4-7-13-8-5-10/h4-5,7-8H,2-3,9H2,1H3. The van der Waals surface area contributed by atoms with Gasteiger partial charge in [0, 0.05) is 31.0 Å². The Hall–Kier alpha value is -1.89. The number of nitrogens with zero attached hydrogens (tertiary/aromatic N) is 3. The molecule has 0 unspecified atom stereocenters. The molecule has 1 amide bonds. The van der Waals surface area contributed by atoms with E-state index in [2.05, 4.69) is 4.98 Å². The maximum Gasteiger partial charge on any atom is 0.253 e. The Kier molecular flexibility index (Phi) is 4.30. The fourth-order valence-electron chi connectivity index (χ4n) is 1.27. The zero-order valence-corrected chi connectivity index (χ0v) is 8.68. The van der Waals surface area contributed by atoms with E-state index in [9.17, 15) is 4.79 Å². The minimum atomic E-state index is -0.0462. The van der Waals surface area contributed by atoms with Gasteiger partial charge in [-0.25, -0.2) is 0 Å². The van der Waals surface area contributed by atoms with E-state index in [1.54, 1.807) is 29.4 Å². The molecule has 0 N–H and O–H groups in total. The first kappa shape index (κ1) is 11.2. The smallest absolute Gasteiger partial charge is 0.253 e. The molecule has 15 heavy (non-hydrogen) atoms. The fraction of sp³-hybridized carbons (Fsp3) is 0.364. The lowest BCUT2D eigenvalue weighted by molar-refractivity contribution is 0.0767. The average Bonchev–Trinajstić information content (AvgIpc) is 2.31. The maximum absolute atomic E-state index is 11.9. The van der Waals surface area contributed by atoms with Gasteiger partial charge in [-0.2, -0.15) is 5.26 Å². The van der Waals surface area contributed by atoms with Gasteiger partial charge in [0.1, 0.15) is 0 Å². The molecule has 0 fully saturated rings. The Labute approximate surface area is 89.2 Å². The van der Waals surface area contributed by atoms with Crippen molar-refractivity contribution in [3.63, 3.8) is 0 Å². The van der Waals surface area contributed by atoms with Crippen LogP contribution in [0.4, 0.5) is 0 Å². The minimum Gasteiger partial charge on any atom is -0.338 e. The highest BCUT2D eigenvalue weighted by atomic mass is 16.2. The van der Waals surface area contributed by atoms with E-state index in [0.29, 0.717) is 25.1 Å². The molecular weight excluding hydrogens is 190 g/mol. The highest BCUT2D eigenvalue weighted by Gasteiger charge is 2.12. The van der Waals surface area contributed by atoms with Gasteiger partial charge in [-0.15, -0.1) is 0 Å². The number of pyridine rings is 1. The largest absolute Gasteiger partial charge is 0.338 e. The van der Waals surface area contributed by atoms with Crippen LogP contribution in [-0.4, -0.2) is 28.9 Å². The average molecular weight is 203 g/mol. The van der Waals surface area contributed by atoms with E-state index in [-0.39, 0.29) is 5.91 Å². The number of amides is 1. The van der Waals surface area contributed by atoms with Gasteiger partial charge in [0.25, 0.3) is 5.91 Å². The van der Waals surface area contributed by atoms with Crippen molar-refractivity contribution in [3.05, 3.63) is 30.1 Å². The van der Waals surface area contributed by atoms with Crippen LogP contribution >= 0.6 is 0 Å². The van der Waals surface area contributed by atoms with Crippen LogP contribution in [0.1, 0.15) is 23.7 Å². The Bertz CT molecular complexity index is 356. The van der Waals surface area contributed by atoms with E-state index in [0.717, 1.165) is 0 Å². The molecule has 0 aromatic carbocycles. The van der Waals surface area contributed by atoms with Crippen LogP contribution in [0, 0.1) is 11.3 Å². The lowest BCUT2D eigenvalue weighted by atomic mass is 10.2. The quantitative estimate of drug-likeness (QED) is 0.744. The van der Waals surface area contributed by atoms with Crippen molar-refractivity contribution in [2.45, 2.75) is 13.3 Å². The van der Waals surface area contributed by atoms with Gasteiger partial charge in [-0.1, -0.05) is 0 Å². The third-order valence-electron chi connectivity index (χ3n) is 2.09. The van der Waals surface area contributed by atoms with Crippen LogP contribution in [0.3, 0.4) is 0 Å². The third-order valence-corrected chi connectivity index (χ3v) is 2.09. The van der Waals surface area contributed by atoms with Gasteiger partial charge in [0.2, 0.25) is 0 Å². The normalized spacial score (nSPS) is 9.33. The summed E-state index contributed by atoms with van der Waals surface area (Å²) < 4.78 is 0. The van der Waals surface area contributed by atoms with Crippen molar-refractivity contribution in [2.75, 3.05) is 13.1 Å². The summed E-state index contributed by atoms with van der Waals surface area (Å²) in [4.78, 5) is 17.4. The number of nitriles is 1. The van der Waals surface area contributed by atoms with Crippen molar-refractivity contribution in [2.24, 2.45) is 0 Å². The molecule has 0 spiro atoms. The zero-order chi connectivity index (χ0) is 11.1. The molecule has 0 atom stereocenters. The first-order chi connectivity index (χ1) is 7.29. The number of aromatic nitrogens is 1. The molecular formula is C11H13N3O. The molecule has 1 rings (SSSR count). The Morgan fingerprint density at radius 3 is 2.73 bits per heavy atom. The number of hydrogen-bond donors (Lipinski definition) is 0. The maximum atomic E-state index is 11.9. The van der Waals surface area contributed by atoms with E-state index < -0.39 is 0 Å². The first-order valence-corrected chi connectivity index (χ1v) is 4.85. The molecule has 0 aliphatic heterocycles. The number of hydrogen-bond acceptors (Lipinski definition) is 3. The summed E-state index contributed by atoms with van der Waals surface area (Å²) in [5, 5.41) is 8.47. The summed E-state index contributed by atoms with van der Waals surface area (Å²) in [5.41, 5.74) is 0.616. The molecule has 1 aromatic rings. The van der Waals surface area contributed by atoms with Crippen LogP contribution in [-0.2, 0) is 0 Å². The molecule has 1 aromatic heterocycles. The molecule has 0 aliphatic rings. The Balaban J connectivity index is 2.70. The van der Waals surface area contributed by atoms with E-state index in [1.165, 1.54) is 0 Å². The van der Waals surface area contributed by atoms with Gasteiger partial charge >= 0.3 is 0 Å². The van der Waals surface area contributed by atoms with Crippen LogP contribution < -0.4 is 0 Å². The highest BCUT2D eigenvalue weighted by Crippen LogP contribution is 2.03. The van der Waals surface area contributed by atoms with Crippen molar-refractivity contribution in [1.82, 2.24) is 9.88 Å². The molecule has 4 heteroatoms. The predicted molar refractivity (Wildman–Crippen MR) is 56.0 cm³/mol. The van der Waals surface area contributed by atoms with E-state index >= 15 is 0 Å². The second-order valence-corrected chi connectivity index (χ2v) is 3.03. The monoisotopic (exact) mass is 203 g/mol. The summed E-state index contributed by atoms with van der Waals surface area (Å²) in [7, 11) is 0. The Morgan fingerprint density at radius 1 is 1.53 bits per heavy atom. The lowest BCUT2D eigenvalue weighted by Crippen LogP contribution is -2.31. The van der Waals surface area contributed by atoms with Crippen LogP contribution in [0.15, 0.2) is 24.5 Å². The molecule has 4 nitrogen and oxygen atoms in total. The third kappa shape index (κ3) is 3.06. The van der Waals surface area contributed by atoms with Gasteiger partial charge in [0.15, 0.2) is 0 Å². The summed E-state index contributed by atoms with van der Waals surface area (Å²) >= 11 is 0. The predicted octanol–water partition coefficient (Wildman–Crippen LogP) is 1.46. The first-order valence-electron chi connectivity index (χ1n) is 4.85. The highest BCUT2D eigenvalue weighted by molar-refractivity contribution is 5.94. The van der Waals surface area contributed by atoms with Gasteiger partial charge in [-0.05, 0) is 19.1 Å². The van der Waals surface area contributed by atoms with Crippen LogP contribution in [0.2, 0.25) is 0 Å². The summed E-state index contributed by atoms with van der Waals surface area (Å²) in [5.74, 6) is -0.0462. The summed E-state index contributed by atoms with van der Waals surface area (Å²) in [6, 6.07) is 5.39. The fourth-order valence-corrected chi connectivity index (χ4v) is 1.27. The number of carbonyl (C=O) groups excluding carboxylic acids is 1. The molecule has 0 aliphatic carbocycles. The molecule has 0 saturated carbocycles. The SMILES string of the molecule is CCN(CCC#N)C(=O)c1ccncc1. The van der Waals surface area contributed by atoms with E-state index in [1.807, 2.05) is 13.0 Å².